The van der Waals surface area contributed by atoms with E-state index in [0.717, 1.165) is 11.1 Å². The highest BCUT2D eigenvalue weighted by Gasteiger charge is 2.44. The maximum absolute atomic E-state index is 11.9. The van der Waals surface area contributed by atoms with Gasteiger partial charge in [-0.25, -0.2) is 4.79 Å². The number of rotatable bonds is 1. The molecular formula is C17H22O5. The first kappa shape index (κ1) is 16.5. The Hall–Kier alpha value is -1.88. The summed E-state index contributed by atoms with van der Waals surface area (Å²) in [5, 5.41) is 10.1. The number of carbonyl (C=O) groups excluding carboxylic acids is 2. The molecule has 5 nitrogen and oxygen atoms in total. The van der Waals surface area contributed by atoms with Gasteiger partial charge in [0.1, 0.15) is 12.2 Å². The van der Waals surface area contributed by atoms with Gasteiger partial charge in [0.05, 0.1) is 12.0 Å². The highest BCUT2D eigenvalue weighted by atomic mass is 16.6. The minimum Gasteiger partial charge on any atom is -0.461 e. The minimum absolute atomic E-state index is 0.308. The molecule has 0 radical (unpaired) electrons. The number of hydrogen-bond acceptors (Lipinski definition) is 5. The fraction of sp³-hybridized carbons (Fsp3) is 0.529. The minimum atomic E-state index is -0.617. The van der Waals surface area contributed by atoms with Gasteiger partial charge < -0.3 is 14.6 Å². The fourth-order valence-corrected chi connectivity index (χ4v) is 2.91. The predicted molar refractivity (Wildman–Crippen MR) is 80.8 cm³/mol. The average molecular weight is 306 g/mol. The number of aliphatic hydroxyl groups is 1. The molecule has 0 spiro atoms. The van der Waals surface area contributed by atoms with E-state index in [1.807, 2.05) is 13.0 Å². The molecule has 0 aromatic heterocycles. The van der Waals surface area contributed by atoms with Crippen molar-refractivity contribution in [3.63, 3.8) is 0 Å². The molecule has 0 saturated carbocycles. The van der Waals surface area contributed by atoms with Gasteiger partial charge in [-0.05, 0) is 31.9 Å². The molecule has 4 atom stereocenters. The molecule has 5 heteroatoms. The van der Waals surface area contributed by atoms with Crippen LogP contribution in [0.3, 0.4) is 0 Å². The van der Waals surface area contributed by atoms with E-state index in [9.17, 15) is 14.7 Å². The molecule has 22 heavy (non-hydrogen) atoms. The number of fused-ring (bicyclic) bond motifs is 1. The van der Waals surface area contributed by atoms with Crippen LogP contribution in [-0.2, 0) is 19.1 Å². The molecule has 0 bridgehead atoms. The second kappa shape index (κ2) is 6.48. The molecule has 0 amide bonds. The van der Waals surface area contributed by atoms with Crippen molar-refractivity contribution in [2.75, 3.05) is 0 Å². The van der Waals surface area contributed by atoms with Crippen LogP contribution < -0.4 is 0 Å². The molecule has 1 fully saturated rings. The van der Waals surface area contributed by atoms with Gasteiger partial charge in [-0.1, -0.05) is 18.2 Å². The summed E-state index contributed by atoms with van der Waals surface area (Å²) in [4.78, 5) is 23.3. The summed E-state index contributed by atoms with van der Waals surface area (Å²) < 4.78 is 10.8. The van der Waals surface area contributed by atoms with Gasteiger partial charge in [-0.3, -0.25) is 4.79 Å². The lowest BCUT2D eigenvalue weighted by Crippen LogP contribution is -2.33. The molecule has 1 saturated heterocycles. The van der Waals surface area contributed by atoms with E-state index in [2.05, 4.69) is 6.58 Å². The molecule has 1 N–H and O–H groups in total. The van der Waals surface area contributed by atoms with Crippen LogP contribution in [0, 0.1) is 5.92 Å². The van der Waals surface area contributed by atoms with Crippen LogP contribution in [0.2, 0.25) is 0 Å². The third-order valence-corrected chi connectivity index (χ3v) is 4.15. The maximum Gasteiger partial charge on any atom is 0.334 e. The maximum atomic E-state index is 11.9. The van der Waals surface area contributed by atoms with E-state index >= 15 is 0 Å². The van der Waals surface area contributed by atoms with Gasteiger partial charge in [0.2, 0.25) is 0 Å². The van der Waals surface area contributed by atoms with E-state index in [-0.39, 0.29) is 0 Å². The van der Waals surface area contributed by atoms with Crippen LogP contribution in [0.4, 0.5) is 0 Å². The smallest absolute Gasteiger partial charge is 0.334 e. The van der Waals surface area contributed by atoms with E-state index in [1.54, 1.807) is 13.0 Å². The van der Waals surface area contributed by atoms with Crippen LogP contribution in [-0.4, -0.2) is 35.4 Å². The highest BCUT2D eigenvalue weighted by molar-refractivity contribution is 5.91. The van der Waals surface area contributed by atoms with Gasteiger partial charge in [-0.2, -0.15) is 0 Å². The van der Waals surface area contributed by atoms with Crippen molar-refractivity contribution in [1.29, 1.82) is 0 Å². The Bertz CT molecular complexity index is 557. The van der Waals surface area contributed by atoms with Crippen molar-refractivity contribution in [2.24, 2.45) is 5.92 Å². The van der Waals surface area contributed by atoms with Crippen LogP contribution >= 0.6 is 0 Å². The number of ether oxygens (including phenoxy) is 2. The Morgan fingerprint density at radius 2 is 2.14 bits per heavy atom. The number of carbonyl (C=O) groups is 2. The lowest BCUT2D eigenvalue weighted by molar-refractivity contribution is -0.149. The molecule has 0 unspecified atom stereocenters. The summed E-state index contributed by atoms with van der Waals surface area (Å²) in [5.41, 5.74) is 2.03. The van der Waals surface area contributed by atoms with Gasteiger partial charge >= 0.3 is 11.9 Å². The normalized spacial score (nSPS) is 37.3. The van der Waals surface area contributed by atoms with Crippen molar-refractivity contribution >= 4 is 11.9 Å². The van der Waals surface area contributed by atoms with Crippen molar-refractivity contribution in [2.45, 2.75) is 51.9 Å². The fourth-order valence-electron chi connectivity index (χ4n) is 2.91. The third kappa shape index (κ3) is 3.47. The summed E-state index contributed by atoms with van der Waals surface area (Å²) in [6.45, 7) is 8.85. The predicted octanol–water partition coefficient (Wildman–Crippen LogP) is 2.06. The first-order chi connectivity index (χ1) is 10.3. The van der Waals surface area contributed by atoms with Gasteiger partial charge in [0.15, 0.2) is 0 Å². The van der Waals surface area contributed by atoms with Crippen molar-refractivity contribution in [1.82, 2.24) is 0 Å². The van der Waals surface area contributed by atoms with Crippen molar-refractivity contribution in [3.8, 4) is 0 Å². The molecular weight excluding hydrogens is 284 g/mol. The number of esters is 2. The summed E-state index contributed by atoms with van der Waals surface area (Å²) in [6, 6.07) is 0. The number of aliphatic hydroxyl groups excluding tert-OH is 1. The van der Waals surface area contributed by atoms with Gasteiger partial charge in [0.25, 0.3) is 0 Å². The Morgan fingerprint density at radius 3 is 2.77 bits per heavy atom. The average Bonchev–Trinajstić information content (AvgIpc) is 2.69. The highest BCUT2D eigenvalue weighted by Crippen LogP contribution is 2.36. The summed E-state index contributed by atoms with van der Waals surface area (Å²) in [7, 11) is 0. The Balaban J connectivity index is 2.43. The molecule has 2 rings (SSSR count). The first-order valence-corrected chi connectivity index (χ1v) is 7.38. The molecule has 1 aliphatic carbocycles. The van der Waals surface area contributed by atoms with Gasteiger partial charge in [0, 0.05) is 18.9 Å². The summed E-state index contributed by atoms with van der Waals surface area (Å²) in [5.74, 6) is -1.31. The lowest BCUT2D eigenvalue weighted by atomic mass is 9.85. The number of hydrogen-bond donors (Lipinski definition) is 1. The Labute approximate surface area is 130 Å². The topological polar surface area (TPSA) is 72.8 Å². The first-order valence-electron chi connectivity index (χ1n) is 7.38. The zero-order valence-corrected chi connectivity index (χ0v) is 13.2. The molecule has 0 aromatic carbocycles. The van der Waals surface area contributed by atoms with Crippen molar-refractivity contribution < 1.29 is 24.2 Å². The lowest BCUT2D eigenvalue weighted by Gasteiger charge is -2.27. The zero-order valence-electron chi connectivity index (χ0n) is 13.2. The molecule has 120 valence electrons. The van der Waals surface area contributed by atoms with Crippen LogP contribution in [0.25, 0.3) is 0 Å². The van der Waals surface area contributed by atoms with E-state index < -0.39 is 36.2 Å². The largest absolute Gasteiger partial charge is 0.461 e. The standard InChI is InChI=1S/C17H22O5/c1-9-5-6-13(19)10(2)8-15-16(11(3)17(20)22-15)14(7-9)21-12(4)18/h5,8,13-16,19H,3,6-7H2,1-2,4H3/b9-5+,10-8-/t13-,14-,15-,16+/m1/s1. The Morgan fingerprint density at radius 1 is 1.45 bits per heavy atom. The van der Waals surface area contributed by atoms with E-state index in [0.29, 0.717) is 18.4 Å². The monoisotopic (exact) mass is 306 g/mol. The van der Waals surface area contributed by atoms with Crippen molar-refractivity contribution in [3.05, 3.63) is 35.5 Å². The van der Waals surface area contributed by atoms with E-state index in [1.165, 1.54) is 6.92 Å². The quantitative estimate of drug-likeness (QED) is 0.456. The second-order valence-corrected chi connectivity index (χ2v) is 5.99. The van der Waals surface area contributed by atoms with Crippen LogP contribution in [0.5, 0.6) is 0 Å². The molecule has 2 aliphatic rings. The molecule has 1 aliphatic heterocycles. The van der Waals surface area contributed by atoms with E-state index in [4.69, 9.17) is 9.47 Å². The molecule has 1 heterocycles. The zero-order chi connectivity index (χ0) is 16.4. The SMILES string of the molecule is C=C1C(=O)O[C@@H]2/C=C(/C)[C@H](O)C/C=C(\C)C[C@@H](OC(C)=O)[C@H]12. The summed E-state index contributed by atoms with van der Waals surface area (Å²) >= 11 is 0. The van der Waals surface area contributed by atoms with Crippen LogP contribution in [0.1, 0.15) is 33.6 Å². The summed E-state index contributed by atoms with van der Waals surface area (Å²) in [6.07, 6.45) is 2.94. The third-order valence-electron chi connectivity index (χ3n) is 4.15. The Kier molecular flexibility index (Phi) is 4.86. The van der Waals surface area contributed by atoms with Crippen LogP contribution in [0.15, 0.2) is 35.5 Å². The second-order valence-electron chi connectivity index (χ2n) is 5.99. The molecule has 0 aromatic rings. The van der Waals surface area contributed by atoms with Gasteiger partial charge in [-0.15, -0.1) is 0 Å².